The van der Waals surface area contributed by atoms with Crippen LogP contribution in [0.15, 0.2) is 36.8 Å². The number of halogens is 1. The van der Waals surface area contributed by atoms with E-state index in [2.05, 4.69) is 15.3 Å². The summed E-state index contributed by atoms with van der Waals surface area (Å²) in [6, 6.07) is 5.00. The molecule has 0 bridgehead atoms. The van der Waals surface area contributed by atoms with Gasteiger partial charge in [-0.25, -0.2) is 9.37 Å². The summed E-state index contributed by atoms with van der Waals surface area (Å²) in [5.41, 5.74) is 1.06. The number of imidazole rings is 1. The molecule has 0 aliphatic heterocycles. The first-order valence-corrected chi connectivity index (χ1v) is 6.69. The predicted molar refractivity (Wildman–Crippen MR) is 78.4 cm³/mol. The highest BCUT2D eigenvalue weighted by molar-refractivity contribution is 5.55. The monoisotopic (exact) mass is 286 g/mol. The third kappa shape index (κ3) is 2.52. The minimum atomic E-state index is -0.391. The number of rotatable bonds is 4. The normalized spacial score (nSPS) is 10.8. The van der Waals surface area contributed by atoms with Crippen molar-refractivity contribution in [2.75, 3.05) is 11.9 Å². The average Bonchev–Trinajstić information content (AvgIpc) is 2.93. The summed E-state index contributed by atoms with van der Waals surface area (Å²) in [5.74, 6) is 0.660. The summed E-state index contributed by atoms with van der Waals surface area (Å²) in [7, 11) is 0. The van der Waals surface area contributed by atoms with Crippen molar-refractivity contribution in [3.8, 4) is 11.6 Å². The van der Waals surface area contributed by atoms with Crippen LogP contribution in [0.1, 0.15) is 12.5 Å². The van der Waals surface area contributed by atoms with Gasteiger partial charge in [-0.15, -0.1) is 0 Å². The lowest BCUT2D eigenvalue weighted by molar-refractivity contribution is 0.428. The molecule has 0 radical (unpaired) electrons. The van der Waals surface area contributed by atoms with Crippen LogP contribution in [0.3, 0.4) is 0 Å². The van der Waals surface area contributed by atoms with Crippen molar-refractivity contribution in [1.29, 1.82) is 0 Å². The molecule has 1 N–H and O–H groups in total. The van der Waals surface area contributed by atoms with Gasteiger partial charge in [-0.2, -0.15) is 4.98 Å². The van der Waals surface area contributed by atoms with Gasteiger partial charge in [0, 0.05) is 18.9 Å². The molecule has 3 aromatic rings. The Hall–Kier alpha value is -2.63. The third-order valence-corrected chi connectivity index (χ3v) is 3.06. The maximum Gasteiger partial charge on any atom is 0.265 e. The first-order chi connectivity index (χ1) is 10.2. The molecule has 0 aliphatic carbocycles. The van der Waals surface area contributed by atoms with E-state index in [1.54, 1.807) is 41.9 Å². The van der Waals surface area contributed by atoms with Gasteiger partial charge in [0.2, 0.25) is 5.65 Å². The summed E-state index contributed by atoms with van der Waals surface area (Å²) >= 11 is 0. The summed E-state index contributed by atoms with van der Waals surface area (Å²) in [4.78, 5) is 8.54. The predicted octanol–water partition coefficient (Wildman–Crippen LogP) is 3.40. The zero-order valence-electron chi connectivity index (χ0n) is 11.8. The fourth-order valence-corrected chi connectivity index (χ4v) is 2.04. The molecule has 0 saturated heterocycles. The molecule has 2 heterocycles. The van der Waals surface area contributed by atoms with Crippen LogP contribution in [-0.2, 0) is 0 Å². The van der Waals surface area contributed by atoms with Crippen molar-refractivity contribution in [2.45, 2.75) is 13.8 Å². The lowest BCUT2D eigenvalue weighted by Gasteiger charge is -2.10. The Morgan fingerprint density at radius 3 is 3.05 bits per heavy atom. The number of nitrogens with one attached hydrogen (secondary N) is 1. The van der Waals surface area contributed by atoms with Crippen LogP contribution in [0.25, 0.3) is 5.65 Å². The van der Waals surface area contributed by atoms with E-state index >= 15 is 0 Å². The van der Waals surface area contributed by atoms with Crippen molar-refractivity contribution in [2.24, 2.45) is 0 Å². The Labute approximate surface area is 121 Å². The molecule has 0 fully saturated rings. The molecule has 0 amide bonds. The van der Waals surface area contributed by atoms with Crippen molar-refractivity contribution >= 4 is 11.5 Å². The molecule has 3 rings (SSSR count). The number of aromatic nitrogens is 3. The molecule has 2 aromatic heterocycles. The van der Waals surface area contributed by atoms with Gasteiger partial charge in [0.05, 0.1) is 6.20 Å². The Morgan fingerprint density at radius 1 is 1.38 bits per heavy atom. The molecule has 0 atom stereocenters. The molecule has 1 aromatic carbocycles. The third-order valence-electron chi connectivity index (χ3n) is 3.06. The number of ether oxygens (including phenoxy) is 1. The number of aryl methyl sites for hydroxylation is 1. The van der Waals surface area contributed by atoms with Crippen LogP contribution in [0.4, 0.5) is 10.2 Å². The van der Waals surface area contributed by atoms with E-state index in [1.807, 2.05) is 13.1 Å². The van der Waals surface area contributed by atoms with E-state index < -0.39 is 5.82 Å². The van der Waals surface area contributed by atoms with Gasteiger partial charge < -0.3 is 10.1 Å². The number of benzene rings is 1. The Kier molecular flexibility index (Phi) is 3.43. The van der Waals surface area contributed by atoms with Crippen LogP contribution in [0.5, 0.6) is 11.6 Å². The van der Waals surface area contributed by atoms with Gasteiger partial charge in [0.15, 0.2) is 11.6 Å². The van der Waals surface area contributed by atoms with Gasteiger partial charge in [-0.1, -0.05) is 12.1 Å². The second-order valence-corrected chi connectivity index (χ2v) is 4.61. The van der Waals surface area contributed by atoms with E-state index in [9.17, 15) is 4.39 Å². The molecule has 0 unspecified atom stereocenters. The second-order valence-electron chi connectivity index (χ2n) is 4.61. The Morgan fingerprint density at radius 2 is 2.24 bits per heavy atom. The average molecular weight is 286 g/mol. The van der Waals surface area contributed by atoms with Gasteiger partial charge in [0.1, 0.15) is 5.82 Å². The fourth-order valence-electron chi connectivity index (χ4n) is 2.04. The van der Waals surface area contributed by atoms with E-state index in [4.69, 9.17) is 4.74 Å². The highest BCUT2D eigenvalue weighted by Gasteiger charge is 2.13. The molecular weight excluding hydrogens is 271 g/mol. The smallest absolute Gasteiger partial charge is 0.265 e. The number of fused-ring (bicyclic) bond motifs is 1. The summed E-state index contributed by atoms with van der Waals surface area (Å²) < 4.78 is 21.5. The Balaban J connectivity index is 2.06. The second kappa shape index (κ2) is 5.40. The first-order valence-electron chi connectivity index (χ1n) is 6.69. The maximum atomic E-state index is 14.1. The van der Waals surface area contributed by atoms with Crippen LogP contribution in [0.2, 0.25) is 0 Å². The van der Waals surface area contributed by atoms with Gasteiger partial charge in [0.25, 0.3) is 5.88 Å². The van der Waals surface area contributed by atoms with Gasteiger partial charge >= 0.3 is 0 Å². The standard InChI is InChI=1S/C15H15FN4O/c1-3-17-12-9-20-8-7-18-14(20)15(19-12)21-11-6-4-5-10(2)13(11)16/h4-9,17H,3H2,1-2H3. The lowest BCUT2D eigenvalue weighted by Crippen LogP contribution is -2.03. The lowest BCUT2D eigenvalue weighted by atomic mass is 10.2. The first kappa shape index (κ1) is 13.4. The molecule has 0 spiro atoms. The maximum absolute atomic E-state index is 14.1. The quantitative estimate of drug-likeness (QED) is 0.798. The van der Waals surface area contributed by atoms with Crippen LogP contribution < -0.4 is 10.1 Å². The van der Waals surface area contributed by atoms with Gasteiger partial charge in [-0.05, 0) is 25.5 Å². The molecule has 108 valence electrons. The topological polar surface area (TPSA) is 51.5 Å². The van der Waals surface area contributed by atoms with E-state index in [0.29, 0.717) is 17.0 Å². The van der Waals surface area contributed by atoms with Crippen molar-refractivity contribution in [1.82, 2.24) is 14.4 Å². The van der Waals surface area contributed by atoms with E-state index in [0.717, 1.165) is 6.54 Å². The van der Waals surface area contributed by atoms with E-state index in [-0.39, 0.29) is 11.6 Å². The highest BCUT2D eigenvalue weighted by Crippen LogP contribution is 2.28. The molecule has 21 heavy (non-hydrogen) atoms. The van der Waals surface area contributed by atoms with Crippen LogP contribution in [-0.4, -0.2) is 20.9 Å². The highest BCUT2D eigenvalue weighted by atomic mass is 19.1. The molecular formula is C15H15FN4O. The molecule has 5 nitrogen and oxygen atoms in total. The van der Waals surface area contributed by atoms with E-state index in [1.165, 1.54) is 0 Å². The number of nitrogens with zero attached hydrogens (tertiary/aromatic N) is 3. The summed E-state index contributed by atoms with van der Waals surface area (Å²) in [6.45, 7) is 4.39. The van der Waals surface area contributed by atoms with Crippen molar-refractivity contribution < 1.29 is 9.13 Å². The largest absolute Gasteiger partial charge is 0.433 e. The number of anilines is 1. The summed E-state index contributed by atoms with van der Waals surface area (Å²) in [5, 5.41) is 3.11. The zero-order valence-corrected chi connectivity index (χ0v) is 11.8. The molecule has 0 saturated carbocycles. The number of hydrogen-bond donors (Lipinski definition) is 1. The van der Waals surface area contributed by atoms with Crippen LogP contribution >= 0.6 is 0 Å². The van der Waals surface area contributed by atoms with Gasteiger partial charge in [-0.3, -0.25) is 4.40 Å². The van der Waals surface area contributed by atoms with Crippen LogP contribution in [0, 0.1) is 12.7 Å². The fraction of sp³-hybridized carbons (Fsp3) is 0.200. The number of hydrogen-bond acceptors (Lipinski definition) is 4. The van der Waals surface area contributed by atoms with Crippen molar-refractivity contribution in [3.05, 3.63) is 48.2 Å². The van der Waals surface area contributed by atoms with Crippen molar-refractivity contribution in [3.63, 3.8) is 0 Å². The zero-order chi connectivity index (χ0) is 14.8. The minimum Gasteiger partial charge on any atom is -0.433 e. The summed E-state index contributed by atoms with van der Waals surface area (Å²) in [6.07, 6.45) is 5.24. The SMILES string of the molecule is CCNc1cn2ccnc2c(Oc2cccc(C)c2F)n1. The Bertz CT molecular complexity index is 784. The molecule has 0 aliphatic rings. The minimum absolute atomic E-state index is 0.140. The molecule has 6 heteroatoms.